The van der Waals surface area contributed by atoms with Crippen molar-refractivity contribution in [3.8, 4) is 0 Å². The van der Waals surface area contributed by atoms with Crippen molar-refractivity contribution in [1.82, 2.24) is 25.5 Å². The second-order valence-electron chi connectivity index (χ2n) is 4.98. The van der Waals surface area contributed by atoms with Gasteiger partial charge in [-0.05, 0) is 55.8 Å². The van der Waals surface area contributed by atoms with Crippen LogP contribution < -0.4 is 5.32 Å². The van der Waals surface area contributed by atoms with Gasteiger partial charge < -0.3 is 5.32 Å². The summed E-state index contributed by atoms with van der Waals surface area (Å²) in [5.41, 5.74) is 0. The van der Waals surface area contributed by atoms with E-state index in [4.69, 9.17) is 0 Å². The van der Waals surface area contributed by atoms with Crippen LogP contribution in [0, 0.1) is 0 Å². The third-order valence-electron chi connectivity index (χ3n) is 3.64. The predicted octanol–water partition coefficient (Wildman–Crippen LogP) is 2.19. The van der Waals surface area contributed by atoms with E-state index >= 15 is 0 Å². The van der Waals surface area contributed by atoms with Crippen LogP contribution >= 0.6 is 11.8 Å². The average Bonchev–Trinajstić information content (AvgIpc) is 3.03. The zero-order valence-electron chi connectivity index (χ0n) is 11.5. The minimum atomic E-state index is 0.230. The van der Waals surface area contributed by atoms with Crippen LogP contribution in [0.3, 0.4) is 0 Å². The number of aromatic nitrogens is 4. The summed E-state index contributed by atoms with van der Waals surface area (Å²) < 4.78 is 2.05. The van der Waals surface area contributed by atoms with Crippen molar-refractivity contribution in [2.75, 3.05) is 12.8 Å². The third-order valence-corrected chi connectivity index (χ3v) is 4.74. The first-order valence-electron chi connectivity index (χ1n) is 6.80. The molecule has 0 aliphatic heterocycles. The molecule has 1 aromatic heterocycles. The number of rotatable bonds is 6. The summed E-state index contributed by atoms with van der Waals surface area (Å²) in [6, 6.07) is 0.714. The second kappa shape index (κ2) is 6.52. The molecule has 1 aromatic rings. The van der Waals surface area contributed by atoms with E-state index in [1.807, 2.05) is 16.4 Å². The van der Waals surface area contributed by atoms with Gasteiger partial charge in [0.05, 0.1) is 12.1 Å². The molecule has 102 valence electrons. The smallest absolute Gasteiger partial charge is 0.168 e. The maximum absolute atomic E-state index is 4.20. The summed E-state index contributed by atoms with van der Waals surface area (Å²) in [4.78, 5) is 0. The summed E-state index contributed by atoms with van der Waals surface area (Å²) >= 11 is 1.96. The van der Waals surface area contributed by atoms with Gasteiger partial charge in [-0.25, -0.2) is 4.68 Å². The van der Waals surface area contributed by atoms with Gasteiger partial charge in [0.15, 0.2) is 5.82 Å². The zero-order valence-corrected chi connectivity index (χ0v) is 12.3. The Labute approximate surface area is 113 Å². The molecule has 2 rings (SSSR count). The van der Waals surface area contributed by atoms with E-state index in [2.05, 4.69) is 40.9 Å². The van der Waals surface area contributed by atoms with Gasteiger partial charge in [0.25, 0.3) is 0 Å². The number of hydrogen-bond acceptors (Lipinski definition) is 5. The summed E-state index contributed by atoms with van der Waals surface area (Å²) in [6.45, 7) is 5.31. The van der Waals surface area contributed by atoms with Crippen LogP contribution in [0.4, 0.5) is 0 Å². The van der Waals surface area contributed by atoms with Gasteiger partial charge in [-0.1, -0.05) is 6.92 Å². The molecule has 3 atom stereocenters. The maximum atomic E-state index is 4.20. The number of tetrazole rings is 1. The minimum Gasteiger partial charge on any atom is -0.307 e. The van der Waals surface area contributed by atoms with Gasteiger partial charge in [-0.3, -0.25) is 0 Å². The Morgan fingerprint density at radius 1 is 1.50 bits per heavy atom. The van der Waals surface area contributed by atoms with Crippen LogP contribution in [0.2, 0.25) is 0 Å². The quantitative estimate of drug-likeness (QED) is 0.858. The summed E-state index contributed by atoms with van der Waals surface area (Å²) in [6.07, 6.45) is 6.99. The lowest BCUT2D eigenvalue weighted by Gasteiger charge is -2.17. The highest BCUT2D eigenvalue weighted by Crippen LogP contribution is 2.36. The molecule has 18 heavy (non-hydrogen) atoms. The Hall–Kier alpha value is -0.620. The van der Waals surface area contributed by atoms with Crippen molar-refractivity contribution in [3.05, 3.63) is 5.82 Å². The van der Waals surface area contributed by atoms with E-state index in [-0.39, 0.29) is 6.04 Å². The molecule has 0 aromatic carbocycles. The molecular formula is C12H23N5S. The van der Waals surface area contributed by atoms with Crippen LogP contribution in [-0.4, -0.2) is 38.3 Å². The van der Waals surface area contributed by atoms with Gasteiger partial charge >= 0.3 is 0 Å². The lowest BCUT2D eigenvalue weighted by molar-refractivity contribution is 0.411. The highest BCUT2D eigenvalue weighted by Gasteiger charge is 2.29. The van der Waals surface area contributed by atoms with E-state index in [1.165, 1.54) is 19.3 Å². The molecule has 6 heteroatoms. The first kappa shape index (κ1) is 13.8. The Morgan fingerprint density at radius 2 is 2.33 bits per heavy atom. The molecule has 1 aliphatic rings. The molecular weight excluding hydrogens is 246 g/mol. The van der Waals surface area contributed by atoms with Crippen molar-refractivity contribution < 1.29 is 0 Å². The van der Waals surface area contributed by atoms with E-state index in [9.17, 15) is 0 Å². The van der Waals surface area contributed by atoms with Crippen LogP contribution in [0.15, 0.2) is 0 Å². The molecule has 1 saturated carbocycles. The highest BCUT2D eigenvalue weighted by atomic mass is 32.2. The fourth-order valence-corrected chi connectivity index (χ4v) is 3.34. The lowest BCUT2D eigenvalue weighted by Crippen LogP contribution is -2.24. The topological polar surface area (TPSA) is 55.6 Å². The van der Waals surface area contributed by atoms with Crippen molar-refractivity contribution in [2.45, 2.75) is 56.9 Å². The molecule has 0 spiro atoms. The molecule has 1 fully saturated rings. The Balaban J connectivity index is 2.03. The zero-order chi connectivity index (χ0) is 13.0. The van der Waals surface area contributed by atoms with Crippen LogP contribution in [0.1, 0.15) is 57.4 Å². The fraction of sp³-hybridized carbons (Fsp3) is 0.917. The SMILES string of the molecule is CCCNC(C)c1nnnn1C1CCC(SC)C1. The molecule has 1 aliphatic carbocycles. The average molecular weight is 269 g/mol. The Bertz CT molecular complexity index is 367. The van der Waals surface area contributed by atoms with E-state index < -0.39 is 0 Å². The van der Waals surface area contributed by atoms with Crippen molar-refractivity contribution in [1.29, 1.82) is 0 Å². The van der Waals surface area contributed by atoms with Gasteiger partial charge in [0.2, 0.25) is 0 Å². The number of hydrogen-bond donors (Lipinski definition) is 1. The van der Waals surface area contributed by atoms with Gasteiger partial charge in [0.1, 0.15) is 0 Å². The third kappa shape index (κ3) is 3.03. The van der Waals surface area contributed by atoms with E-state index in [0.717, 1.165) is 24.0 Å². The van der Waals surface area contributed by atoms with Gasteiger partial charge in [0, 0.05) is 5.25 Å². The number of nitrogens with one attached hydrogen (secondary N) is 1. The lowest BCUT2D eigenvalue weighted by atomic mass is 10.2. The molecule has 5 nitrogen and oxygen atoms in total. The first-order chi connectivity index (χ1) is 8.76. The summed E-state index contributed by atoms with van der Waals surface area (Å²) in [5.74, 6) is 0.982. The van der Waals surface area contributed by atoms with Gasteiger partial charge in [-0.15, -0.1) is 5.10 Å². The van der Waals surface area contributed by atoms with E-state index in [0.29, 0.717) is 6.04 Å². The normalized spacial score (nSPS) is 25.5. The van der Waals surface area contributed by atoms with Gasteiger partial charge in [-0.2, -0.15) is 11.8 Å². The Morgan fingerprint density at radius 3 is 3.00 bits per heavy atom. The standard InChI is InChI=1S/C12H23N5S/c1-4-7-13-9(2)12-14-15-16-17(12)10-5-6-11(8-10)18-3/h9-11,13H,4-8H2,1-3H3. The minimum absolute atomic E-state index is 0.230. The number of nitrogens with zero attached hydrogens (tertiary/aromatic N) is 4. The molecule has 1 heterocycles. The summed E-state index contributed by atoms with van der Waals surface area (Å²) in [7, 11) is 0. The molecule has 3 unspecified atom stereocenters. The van der Waals surface area contributed by atoms with Crippen LogP contribution in [0.25, 0.3) is 0 Å². The molecule has 0 bridgehead atoms. The maximum Gasteiger partial charge on any atom is 0.168 e. The molecule has 1 N–H and O–H groups in total. The molecule has 0 saturated heterocycles. The Kier molecular flexibility index (Phi) is 5.00. The molecule has 0 amide bonds. The summed E-state index contributed by atoms with van der Waals surface area (Å²) in [5, 5.41) is 16.5. The second-order valence-corrected chi connectivity index (χ2v) is 6.12. The van der Waals surface area contributed by atoms with Crippen molar-refractivity contribution in [3.63, 3.8) is 0 Å². The molecule has 0 radical (unpaired) electrons. The van der Waals surface area contributed by atoms with Crippen LogP contribution in [0.5, 0.6) is 0 Å². The number of thioether (sulfide) groups is 1. The first-order valence-corrected chi connectivity index (χ1v) is 8.09. The van der Waals surface area contributed by atoms with Crippen molar-refractivity contribution >= 4 is 11.8 Å². The predicted molar refractivity (Wildman–Crippen MR) is 74.7 cm³/mol. The fourth-order valence-electron chi connectivity index (χ4n) is 2.55. The van der Waals surface area contributed by atoms with Crippen molar-refractivity contribution in [2.24, 2.45) is 0 Å². The van der Waals surface area contributed by atoms with Crippen LogP contribution in [-0.2, 0) is 0 Å². The highest BCUT2D eigenvalue weighted by molar-refractivity contribution is 7.99. The van der Waals surface area contributed by atoms with E-state index in [1.54, 1.807) is 0 Å². The monoisotopic (exact) mass is 269 g/mol. The largest absolute Gasteiger partial charge is 0.307 e.